The second kappa shape index (κ2) is 5.52. The zero-order valence-electron chi connectivity index (χ0n) is 15.5. The molecule has 136 valence electrons. The fourth-order valence-electron chi connectivity index (χ4n) is 6.67. The Balaban J connectivity index is 1.66. The SMILES string of the molecule is CC(=O)O[C@H]1C(=O)C[C@H]2[C@@H]3CCC4=CC(=O)CC[C@]4(C)[C@H]3CC[C@]12C. The predicted molar refractivity (Wildman–Crippen MR) is 92.7 cm³/mol. The molecule has 0 radical (unpaired) electrons. The monoisotopic (exact) mass is 344 g/mol. The highest BCUT2D eigenvalue weighted by molar-refractivity contribution is 5.92. The van der Waals surface area contributed by atoms with Gasteiger partial charge in [-0.25, -0.2) is 0 Å². The lowest BCUT2D eigenvalue weighted by molar-refractivity contribution is -0.161. The van der Waals surface area contributed by atoms with Crippen LogP contribution in [0.15, 0.2) is 11.6 Å². The molecule has 25 heavy (non-hydrogen) atoms. The fraction of sp³-hybridized carbons (Fsp3) is 0.762. The zero-order chi connectivity index (χ0) is 18.0. The second-order valence-corrected chi connectivity index (χ2v) is 9.17. The van der Waals surface area contributed by atoms with E-state index in [-0.39, 0.29) is 28.4 Å². The van der Waals surface area contributed by atoms with E-state index in [2.05, 4.69) is 13.8 Å². The molecule has 4 aliphatic carbocycles. The van der Waals surface area contributed by atoms with Crippen LogP contribution >= 0.6 is 0 Å². The molecule has 6 atom stereocenters. The van der Waals surface area contributed by atoms with Gasteiger partial charge in [-0.15, -0.1) is 0 Å². The number of fused-ring (bicyclic) bond motifs is 5. The van der Waals surface area contributed by atoms with Gasteiger partial charge < -0.3 is 4.74 Å². The molecule has 0 aromatic heterocycles. The average molecular weight is 344 g/mol. The van der Waals surface area contributed by atoms with Crippen LogP contribution in [0, 0.1) is 28.6 Å². The molecule has 0 bridgehead atoms. The third kappa shape index (κ3) is 2.36. The van der Waals surface area contributed by atoms with Crippen LogP contribution in [0.3, 0.4) is 0 Å². The van der Waals surface area contributed by atoms with Crippen LogP contribution in [0.25, 0.3) is 0 Å². The van der Waals surface area contributed by atoms with E-state index in [1.54, 1.807) is 0 Å². The van der Waals surface area contributed by atoms with Crippen LogP contribution in [0.5, 0.6) is 0 Å². The highest BCUT2D eigenvalue weighted by atomic mass is 16.5. The van der Waals surface area contributed by atoms with Gasteiger partial charge in [-0.05, 0) is 61.3 Å². The van der Waals surface area contributed by atoms with E-state index in [1.807, 2.05) is 6.08 Å². The summed E-state index contributed by atoms with van der Waals surface area (Å²) in [6.07, 6.45) is 7.52. The average Bonchev–Trinajstić information content (AvgIpc) is 2.79. The fourth-order valence-corrected chi connectivity index (χ4v) is 6.67. The minimum atomic E-state index is -0.561. The molecule has 3 fully saturated rings. The van der Waals surface area contributed by atoms with Gasteiger partial charge in [0.15, 0.2) is 17.7 Å². The summed E-state index contributed by atoms with van der Waals surface area (Å²) in [6.45, 7) is 5.89. The van der Waals surface area contributed by atoms with Crippen LogP contribution in [0.2, 0.25) is 0 Å². The summed E-state index contributed by atoms with van der Waals surface area (Å²) < 4.78 is 5.48. The molecule has 3 saturated carbocycles. The van der Waals surface area contributed by atoms with Crippen molar-refractivity contribution in [2.75, 3.05) is 0 Å². The van der Waals surface area contributed by atoms with Gasteiger partial charge in [0.25, 0.3) is 0 Å². The standard InChI is InChI=1S/C21H28O4/c1-12(22)25-19-18(24)11-17-15-5-4-13-10-14(23)6-8-20(13,2)16(15)7-9-21(17,19)3/h10,15-17,19H,4-9,11H2,1-3H3/t15-,16+,17+,19+,20+,21+/m1/s1. The van der Waals surface area contributed by atoms with Crippen molar-refractivity contribution in [2.45, 2.75) is 71.8 Å². The lowest BCUT2D eigenvalue weighted by Crippen LogP contribution is -2.51. The van der Waals surface area contributed by atoms with Crippen molar-refractivity contribution < 1.29 is 19.1 Å². The maximum atomic E-state index is 12.6. The lowest BCUT2D eigenvalue weighted by Gasteiger charge is -2.57. The molecule has 0 spiro atoms. The number of allylic oxidation sites excluding steroid dienone is 1. The summed E-state index contributed by atoms with van der Waals surface area (Å²) in [5.74, 6) is 1.38. The van der Waals surface area contributed by atoms with E-state index in [9.17, 15) is 14.4 Å². The second-order valence-electron chi connectivity index (χ2n) is 9.17. The summed E-state index contributed by atoms with van der Waals surface area (Å²) in [6, 6.07) is 0. The molecular formula is C21H28O4. The molecule has 0 heterocycles. The van der Waals surface area contributed by atoms with Crippen LogP contribution in [0.4, 0.5) is 0 Å². The number of Topliss-reactive ketones (excluding diaryl/α,β-unsaturated/α-hetero) is 1. The number of ketones is 2. The zero-order valence-corrected chi connectivity index (χ0v) is 15.5. The molecule has 4 rings (SSSR count). The number of hydrogen-bond donors (Lipinski definition) is 0. The molecule has 0 aromatic rings. The minimum Gasteiger partial charge on any atom is -0.454 e. The van der Waals surface area contributed by atoms with Crippen molar-refractivity contribution in [2.24, 2.45) is 28.6 Å². The van der Waals surface area contributed by atoms with Crippen molar-refractivity contribution in [3.05, 3.63) is 11.6 Å². The van der Waals surface area contributed by atoms with Gasteiger partial charge in [0.05, 0.1) is 0 Å². The Morgan fingerprint density at radius 1 is 1.12 bits per heavy atom. The van der Waals surface area contributed by atoms with Gasteiger partial charge in [-0.2, -0.15) is 0 Å². The van der Waals surface area contributed by atoms with E-state index in [0.717, 1.165) is 32.1 Å². The molecule has 4 aliphatic rings. The molecular weight excluding hydrogens is 316 g/mol. The number of carbonyl (C=O) groups is 3. The molecule has 0 aliphatic heterocycles. The summed E-state index contributed by atoms with van der Waals surface area (Å²) in [4.78, 5) is 36.0. The van der Waals surface area contributed by atoms with E-state index >= 15 is 0 Å². The van der Waals surface area contributed by atoms with E-state index < -0.39 is 6.10 Å². The Labute approximate surface area is 149 Å². The molecule has 0 N–H and O–H groups in total. The van der Waals surface area contributed by atoms with Crippen molar-refractivity contribution in [3.8, 4) is 0 Å². The predicted octanol–water partition coefficient (Wildman–Crippen LogP) is 3.63. The number of rotatable bonds is 1. The first-order valence-corrected chi connectivity index (χ1v) is 9.69. The Morgan fingerprint density at radius 3 is 2.60 bits per heavy atom. The first-order valence-electron chi connectivity index (χ1n) is 9.69. The normalized spacial score (nSPS) is 46.0. The van der Waals surface area contributed by atoms with Crippen LogP contribution in [-0.4, -0.2) is 23.6 Å². The Bertz CT molecular complexity index is 677. The van der Waals surface area contributed by atoms with Gasteiger partial charge in [0.1, 0.15) is 0 Å². The van der Waals surface area contributed by atoms with Gasteiger partial charge in [0.2, 0.25) is 0 Å². The van der Waals surface area contributed by atoms with Gasteiger partial charge in [0, 0.05) is 25.2 Å². The molecule has 0 saturated heterocycles. The molecule has 4 heteroatoms. The van der Waals surface area contributed by atoms with E-state index in [1.165, 1.54) is 12.5 Å². The highest BCUT2D eigenvalue weighted by Crippen LogP contribution is 2.65. The van der Waals surface area contributed by atoms with E-state index in [0.29, 0.717) is 30.6 Å². The summed E-state index contributed by atoms with van der Waals surface area (Å²) in [5, 5.41) is 0. The molecule has 0 unspecified atom stereocenters. The van der Waals surface area contributed by atoms with Crippen LogP contribution in [0.1, 0.15) is 65.7 Å². The van der Waals surface area contributed by atoms with Gasteiger partial charge in [-0.1, -0.05) is 19.4 Å². The number of ether oxygens (including phenoxy) is 1. The maximum absolute atomic E-state index is 12.6. The molecule has 0 amide bonds. The first kappa shape index (κ1) is 17.0. The summed E-state index contributed by atoms with van der Waals surface area (Å²) in [5.41, 5.74) is 1.24. The molecule has 4 nitrogen and oxygen atoms in total. The number of esters is 1. The Hall–Kier alpha value is -1.45. The lowest BCUT2D eigenvalue weighted by atomic mass is 9.47. The quantitative estimate of drug-likeness (QED) is 0.682. The maximum Gasteiger partial charge on any atom is 0.303 e. The number of carbonyl (C=O) groups excluding carboxylic acids is 3. The highest BCUT2D eigenvalue weighted by Gasteiger charge is 2.62. The van der Waals surface area contributed by atoms with Crippen molar-refractivity contribution in [3.63, 3.8) is 0 Å². The molecule has 0 aromatic carbocycles. The van der Waals surface area contributed by atoms with Crippen molar-refractivity contribution in [1.29, 1.82) is 0 Å². The van der Waals surface area contributed by atoms with E-state index in [4.69, 9.17) is 4.74 Å². The van der Waals surface area contributed by atoms with Gasteiger partial charge >= 0.3 is 5.97 Å². The Kier molecular flexibility index (Phi) is 3.75. The van der Waals surface area contributed by atoms with Crippen molar-refractivity contribution >= 4 is 17.5 Å². The third-order valence-corrected chi connectivity index (χ3v) is 8.00. The van der Waals surface area contributed by atoms with Gasteiger partial charge in [-0.3, -0.25) is 14.4 Å². The Morgan fingerprint density at radius 2 is 1.88 bits per heavy atom. The topological polar surface area (TPSA) is 60.4 Å². The largest absolute Gasteiger partial charge is 0.454 e. The number of hydrogen-bond acceptors (Lipinski definition) is 4. The summed E-state index contributed by atoms with van der Waals surface area (Å²) >= 11 is 0. The van der Waals surface area contributed by atoms with Crippen LogP contribution < -0.4 is 0 Å². The smallest absolute Gasteiger partial charge is 0.303 e. The third-order valence-electron chi connectivity index (χ3n) is 8.00. The van der Waals surface area contributed by atoms with Crippen LogP contribution in [-0.2, 0) is 19.1 Å². The minimum absolute atomic E-state index is 0.105. The first-order chi connectivity index (χ1) is 11.8. The van der Waals surface area contributed by atoms with Crippen molar-refractivity contribution in [1.82, 2.24) is 0 Å². The summed E-state index contributed by atoms with van der Waals surface area (Å²) in [7, 11) is 0.